The standard InChI is InChI=1S/C18H32O4/c1-6-14-10(2)7-15-16(20-14)12(4)9-18(21-15)8-11(3)13(5)17(19)22-18/h10-17,19H,6-9H2,1-5H3/t10-,11+,12+,13+,14-,15+,16+,17?,18+/m1/s1. The Morgan fingerprint density at radius 2 is 1.68 bits per heavy atom. The molecule has 0 bridgehead atoms. The van der Waals surface area contributed by atoms with Crippen molar-refractivity contribution in [3.8, 4) is 0 Å². The van der Waals surface area contributed by atoms with Gasteiger partial charge in [0.1, 0.15) is 0 Å². The minimum absolute atomic E-state index is 0.0920. The zero-order valence-electron chi connectivity index (χ0n) is 14.6. The SMILES string of the molecule is CC[C@H]1O[C@@H]2[C@H](C[C@H]1C)O[C@@]1(C[C@@H]2C)C[C@H](C)[C@H](C)C(O)O1. The van der Waals surface area contributed by atoms with Crippen molar-refractivity contribution in [1.82, 2.24) is 0 Å². The lowest BCUT2D eigenvalue weighted by atomic mass is 9.76. The molecule has 3 fully saturated rings. The van der Waals surface area contributed by atoms with Crippen molar-refractivity contribution in [1.29, 1.82) is 0 Å². The molecule has 22 heavy (non-hydrogen) atoms. The van der Waals surface area contributed by atoms with Crippen LogP contribution in [0.1, 0.15) is 60.3 Å². The first-order chi connectivity index (χ1) is 10.3. The molecule has 128 valence electrons. The minimum Gasteiger partial charge on any atom is -0.372 e. The van der Waals surface area contributed by atoms with Crippen LogP contribution in [0.3, 0.4) is 0 Å². The summed E-state index contributed by atoms with van der Waals surface area (Å²) < 4.78 is 18.7. The van der Waals surface area contributed by atoms with E-state index in [4.69, 9.17) is 14.2 Å². The van der Waals surface area contributed by atoms with Crippen LogP contribution in [0.4, 0.5) is 0 Å². The number of fused-ring (bicyclic) bond motifs is 1. The van der Waals surface area contributed by atoms with Crippen molar-refractivity contribution in [3.05, 3.63) is 0 Å². The topological polar surface area (TPSA) is 47.9 Å². The largest absolute Gasteiger partial charge is 0.372 e. The Hall–Kier alpha value is -0.160. The molecular formula is C18H32O4. The Morgan fingerprint density at radius 3 is 2.32 bits per heavy atom. The number of aliphatic hydroxyl groups excluding tert-OH is 1. The Kier molecular flexibility index (Phi) is 4.59. The first kappa shape index (κ1) is 16.7. The fourth-order valence-electron chi connectivity index (χ4n) is 4.66. The van der Waals surface area contributed by atoms with Gasteiger partial charge in [-0.25, -0.2) is 0 Å². The van der Waals surface area contributed by atoms with E-state index in [1.165, 1.54) is 0 Å². The second-order valence-electron chi connectivity index (χ2n) is 8.06. The van der Waals surface area contributed by atoms with Gasteiger partial charge in [-0.15, -0.1) is 0 Å². The summed E-state index contributed by atoms with van der Waals surface area (Å²) in [6.07, 6.45) is 3.65. The molecule has 3 rings (SSSR count). The van der Waals surface area contributed by atoms with Gasteiger partial charge in [-0.3, -0.25) is 0 Å². The van der Waals surface area contributed by atoms with E-state index in [1.54, 1.807) is 0 Å². The maximum absolute atomic E-state index is 10.2. The van der Waals surface area contributed by atoms with E-state index in [9.17, 15) is 5.11 Å². The molecule has 4 heteroatoms. The van der Waals surface area contributed by atoms with Gasteiger partial charge < -0.3 is 19.3 Å². The predicted octanol–water partition coefficient (Wildman–Crippen LogP) is 3.32. The fraction of sp³-hybridized carbons (Fsp3) is 1.00. The van der Waals surface area contributed by atoms with Gasteiger partial charge in [0.15, 0.2) is 12.1 Å². The molecule has 0 amide bonds. The minimum atomic E-state index is -0.724. The molecule has 3 heterocycles. The number of rotatable bonds is 1. The summed E-state index contributed by atoms with van der Waals surface area (Å²) in [5.41, 5.74) is 0. The van der Waals surface area contributed by atoms with Crippen molar-refractivity contribution in [3.63, 3.8) is 0 Å². The molecule has 0 saturated carbocycles. The molecule has 3 aliphatic heterocycles. The van der Waals surface area contributed by atoms with E-state index >= 15 is 0 Å². The first-order valence-corrected chi connectivity index (χ1v) is 9.04. The van der Waals surface area contributed by atoms with E-state index in [-0.39, 0.29) is 18.1 Å². The van der Waals surface area contributed by atoms with Crippen LogP contribution in [-0.2, 0) is 14.2 Å². The van der Waals surface area contributed by atoms with Crippen molar-refractivity contribution in [2.24, 2.45) is 23.7 Å². The highest BCUT2D eigenvalue weighted by molar-refractivity contribution is 4.96. The molecule has 4 nitrogen and oxygen atoms in total. The summed E-state index contributed by atoms with van der Waals surface area (Å²) in [7, 11) is 0. The smallest absolute Gasteiger partial charge is 0.172 e. The third-order valence-electron chi connectivity index (χ3n) is 6.22. The molecule has 1 unspecified atom stereocenters. The molecule has 0 aromatic heterocycles. The molecular weight excluding hydrogens is 280 g/mol. The maximum Gasteiger partial charge on any atom is 0.172 e. The van der Waals surface area contributed by atoms with Crippen LogP contribution in [0.5, 0.6) is 0 Å². The van der Waals surface area contributed by atoms with Crippen molar-refractivity contribution in [2.45, 2.75) is 90.7 Å². The Labute approximate surface area is 134 Å². The third kappa shape index (κ3) is 2.83. The van der Waals surface area contributed by atoms with Gasteiger partial charge in [0, 0.05) is 18.8 Å². The second kappa shape index (κ2) is 6.04. The summed E-state index contributed by atoms with van der Waals surface area (Å²) in [5.74, 6) is 0.853. The molecule has 0 radical (unpaired) electrons. The molecule has 0 aliphatic carbocycles. The molecule has 9 atom stereocenters. The van der Waals surface area contributed by atoms with Gasteiger partial charge in [0.25, 0.3) is 0 Å². The Morgan fingerprint density at radius 1 is 1.00 bits per heavy atom. The second-order valence-corrected chi connectivity index (χ2v) is 8.06. The third-order valence-corrected chi connectivity index (χ3v) is 6.22. The zero-order valence-corrected chi connectivity index (χ0v) is 14.6. The molecule has 0 aromatic rings. The van der Waals surface area contributed by atoms with Crippen molar-refractivity contribution >= 4 is 0 Å². The number of ether oxygens (including phenoxy) is 3. The van der Waals surface area contributed by atoms with Gasteiger partial charge in [-0.2, -0.15) is 0 Å². The van der Waals surface area contributed by atoms with Crippen LogP contribution in [0.2, 0.25) is 0 Å². The fourth-order valence-corrected chi connectivity index (χ4v) is 4.66. The number of hydrogen-bond acceptors (Lipinski definition) is 4. The van der Waals surface area contributed by atoms with Gasteiger partial charge in [0.2, 0.25) is 0 Å². The monoisotopic (exact) mass is 312 g/mol. The van der Waals surface area contributed by atoms with Gasteiger partial charge in [-0.1, -0.05) is 34.6 Å². The molecule has 1 spiro atoms. The average Bonchev–Trinajstić information content (AvgIpc) is 2.44. The summed E-state index contributed by atoms with van der Waals surface area (Å²) >= 11 is 0. The highest BCUT2D eigenvalue weighted by Crippen LogP contribution is 2.48. The lowest BCUT2D eigenvalue weighted by Gasteiger charge is -2.55. The van der Waals surface area contributed by atoms with Gasteiger partial charge in [0.05, 0.1) is 18.3 Å². The summed E-state index contributed by atoms with van der Waals surface area (Å²) in [5, 5.41) is 10.2. The van der Waals surface area contributed by atoms with Gasteiger partial charge >= 0.3 is 0 Å². The summed E-state index contributed by atoms with van der Waals surface area (Å²) in [6, 6.07) is 0. The van der Waals surface area contributed by atoms with Gasteiger partial charge in [-0.05, 0) is 30.6 Å². The van der Waals surface area contributed by atoms with E-state index in [0.717, 1.165) is 25.7 Å². The van der Waals surface area contributed by atoms with E-state index in [1.807, 2.05) is 0 Å². The number of aliphatic hydroxyl groups is 1. The average molecular weight is 312 g/mol. The van der Waals surface area contributed by atoms with Crippen LogP contribution in [0, 0.1) is 23.7 Å². The van der Waals surface area contributed by atoms with E-state index < -0.39 is 12.1 Å². The number of hydrogen-bond donors (Lipinski definition) is 1. The summed E-state index contributed by atoms with van der Waals surface area (Å²) in [6.45, 7) is 10.9. The van der Waals surface area contributed by atoms with Crippen molar-refractivity contribution in [2.75, 3.05) is 0 Å². The molecule has 1 N–H and O–H groups in total. The molecule has 3 aliphatic rings. The lowest BCUT2D eigenvalue weighted by molar-refractivity contribution is -0.394. The first-order valence-electron chi connectivity index (χ1n) is 9.04. The molecule has 3 saturated heterocycles. The van der Waals surface area contributed by atoms with Crippen LogP contribution in [-0.4, -0.2) is 35.5 Å². The Balaban J connectivity index is 1.76. The van der Waals surface area contributed by atoms with Crippen LogP contribution in [0.25, 0.3) is 0 Å². The van der Waals surface area contributed by atoms with E-state index in [2.05, 4.69) is 34.6 Å². The quantitative estimate of drug-likeness (QED) is 0.807. The Bertz CT molecular complexity index is 387. The zero-order chi connectivity index (χ0) is 16.1. The highest BCUT2D eigenvalue weighted by atomic mass is 16.8. The highest BCUT2D eigenvalue weighted by Gasteiger charge is 2.54. The van der Waals surface area contributed by atoms with Crippen LogP contribution >= 0.6 is 0 Å². The normalized spacial score (nSPS) is 55.9. The van der Waals surface area contributed by atoms with E-state index in [0.29, 0.717) is 23.9 Å². The van der Waals surface area contributed by atoms with Crippen LogP contribution in [0.15, 0.2) is 0 Å². The maximum atomic E-state index is 10.2. The predicted molar refractivity (Wildman–Crippen MR) is 84.2 cm³/mol. The van der Waals surface area contributed by atoms with Crippen LogP contribution < -0.4 is 0 Å². The summed E-state index contributed by atoms with van der Waals surface area (Å²) in [4.78, 5) is 0. The van der Waals surface area contributed by atoms with Crippen molar-refractivity contribution < 1.29 is 19.3 Å². The lowest BCUT2D eigenvalue weighted by Crippen LogP contribution is -2.61. The molecule has 0 aromatic carbocycles.